The molecule has 0 atom stereocenters. The van der Waals surface area contributed by atoms with Gasteiger partial charge in [-0.05, 0) is 12.8 Å². The van der Waals surface area contributed by atoms with E-state index in [0.29, 0.717) is 5.92 Å². The van der Waals surface area contributed by atoms with Gasteiger partial charge >= 0.3 is 0 Å². The molecule has 0 amide bonds. The maximum atomic E-state index is 4.97. The van der Waals surface area contributed by atoms with Crippen molar-refractivity contribution in [2.24, 2.45) is 7.05 Å². The Hall–Kier alpha value is -1.62. The smallest absolute Gasteiger partial charge is 0.160 e. The van der Waals surface area contributed by atoms with E-state index in [-0.39, 0.29) is 0 Å². The summed E-state index contributed by atoms with van der Waals surface area (Å²) < 4.78 is 4.22. The van der Waals surface area contributed by atoms with Crippen LogP contribution in [0.2, 0.25) is 0 Å². The molecular formula is C15H21N5. The van der Waals surface area contributed by atoms with Crippen LogP contribution in [0.4, 0.5) is 0 Å². The lowest BCUT2D eigenvalue weighted by Crippen LogP contribution is -2.25. The van der Waals surface area contributed by atoms with E-state index < -0.39 is 0 Å². The summed E-state index contributed by atoms with van der Waals surface area (Å²) in [6, 6.07) is 2.10. The average molecular weight is 271 g/mol. The molecule has 0 spiro atoms. The standard InChI is InChI=1S/C15H21N5/c1-19-9-7-14(18-19)20-13-6-8-16-10-12(13)17-15(20)11-4-2-3-5-11/h7,9,11,16H,2-6,8,10H2,1H3. The van der Waals surface area contributed by atoms with Crippen molar-refractivity contribution in [2.75, 3.05) is 6.54 Å². The number of hydrogen-bond acceptors (Lipinski definition) is 3. The molecular weight excluding hydrogens is 250 g/mol. The van der Waals surface area contributed by atoms with Gasteiger partial charge in [-0.25, -0.2) is 4.98 Å². The lowest BCUT2D eigenvalue weighted by Gasteiger charge is -2.16. The summed E-state index contributed by atoms with van der Waals surface area (Å²) in [4.78, 5) is 4.97. The van der Waals surface area contributed by atoms with Crippen molar-refractivity contribution in [1.82, 2.24) is 24.6 Å². The monoisotopic (exact) mass is 271 g/mol. The highest BCUT2D eigenvalue weighted by Gasteiger charge is 2.28. The first-order valence-corrected chi connectivity index (χ1v) is 7.64. The Labute approximate surface area is 119 Å². The molecule has 20 heavy (non-hydrogen) atoms. The molecule has 1 N–H and O–H groups in total. The van der Waals surface area contributed by atoms with Crippen LogP contribution >= 0.6 is 0 Å². The van der Waals surface area contributed by atoms with Crippen LogP contribution < -0.4 is 5.32 Å². The molecule has 0 aromatic carbocycles. The Kier molecular flexibility index (Phi) is 2.88. The minimum Gasteiger partial charge on any atom is -0.311 e. The van der Waals surface area contributed by atoms with Crippen molar-refractivity contribution in [1.29, 1.82) is 0 Å². The van der Waals surface area contributed by atoms with Crippen LogP contribution in [0.1, 0.15) is 48.8 Å². The summed E-state index contributed by atoms with van der Waals surface area (Å²) in [6.45, 7) is 1.94. The fourth-order valence-corrected chi connectivity index (χ4v) is 3.57. The largest absolute Gasteiger partial charge is 0.311 e. The van der Waals surface area contributed by atoms with E-state index in [1.54, 1.807) is 0 Å². The molecule has 1 aliphatic carbocycles. The second-order valence-corrected chi connectivity index (χ2v) is 5.95. The van der Waals surface area contributed by atoms with Crippen molar-refractivity contribution in [3.05, 3.63) is 29.5 Å². The maximum Gasteiger partial charge on any atom is 0.160 e. The highest BCUT2D eigenvalue weighted by Crippen LogP contribution is 2.36. The van der Waals surface area contributed by atoms with Crippen molar-refractivity contribution in [3.8, 4) is 5.82 Å². The summed E-state index contributed by atoms with van der Waals surface area (Å²) in [7, 11) is 1.98. The third-order valence-corrected chi connectivity index (χ3v) is 4.56. The summed E-state index contributed by atoms with van der Waals surface area (Å²) in [5.74, 6) is 2.89. The van der Waals surface area contributed by atoms with Crippen LogP contribution in [0.15, 0.2) is 12.3 Å². The first-order chi connectivity index (χ1) is 9.83. The summed E-state index contributed by atoms with van der Waals surface area (Å²) >= 11 is 0. The molecule has 1 aliphatic heterocycles. The molecule has 1 fully saturated rings. The predicted octanol–water partition coefficient (Wildman–Crippen LogP) is 1.91. The number of fused-ring (bicyclic) bond motifs is 1. The van der Waals surface area contributed by atoms with Crippen LogP contribution in [0.5, 0.6) is 0 Å². The van der Waals surface area contributed by atoms with Crippen molar-refractivity contribution < 1.29 is 0 Å². The van der Waals surface area contributed by atoms with Gasteiger partial charge in [-0.15, -0.1) is 0 Å². The number of nitrogens with zero attached hydrogens (tertiary/aromatic N) is 4. The van der Waals surface area contributed by atoms with Gasteiger partial charge in [-0.1, -0.05) is 12.8 Å². The summed E-state index contributed by atoms with van der Waals surface area (Å²) in [5, 5.41) is 8.04. The van der Waals surface area contributed by atoms with Gasteiger partial charge in [-0.3, -0.25) is 9.25 Å². The molecule has 5 heteroatoms. The zero-order valence-electron chi connectivity index (χ0n) is 12.0. The zero-order chi connectivity index (χ0) is 13.5. The van der Waals surface area contributed by atoms with E-state index in [1.807, 2.05) is 17.9 Å². The van der Waals surface area contributed by atoms with Crippen molar-refractivity contribution in [2.45, 2.75) is 44.6 Å². The summed E-state index contributed by atoms with van der Waals surface area (Å²) in [5.41, 5.74) is 2.59. The Bertz CT molecular complexity index is 618. The molecule has 3 heterocycles. The van der Waals surface area contributed by atoms with E-state index in [9.17, 15) is 0 Å². The Morgan fingerprint density at radius 3 is 2.90 bits per heavy atom. The second kappa shape index (κ2) is 4.74. The third-order valence-electron chi connectivity index (χ3n) is 4.56. The molecule has 1 saturated carbocycles. The number of hydrogen-bond donors (Lipinski definition) is 1. The average Bonchev–Trinajstić information content (AvgIpc) is 3.16. The van der Waals surface area contributed by atoms with E-state index in [0.717, 1.165) is 25.3 Å². The number of nitrogens with one attached hydrogen (secondary N) is 1. The predicted molar refractivity (Wildman–Crippen MR) is 76.9 cm³/mol. The first-order valence-electron chi connectivity index (χ1n) is 7.64. The van der Waals surface area contributed by atoms with Crippen LogP contribution in [0.3, 0.4) is 0 Å². The number of aromatic nitrogens is 4. The minimum atomic E-state index is 0.614. The number of aryl methyl sites for hydroxylation is 1. The zero-order valence-corrected chi connectivity index (χ0v) is 12.0. The number of imidazole rings is 1. The molecule has 0 radical (unpaired) electrons. The Morgan fingerprint density at radius 1 is 1.30 bits per heavy atom. The van der Waals surface area contributed by atoms with Gasteiger partial charge < -0.3 is 5.32 Å². The van der Waals surface area contributed by atoms with Crippen molar-refractivity contribution in [3.63, 3.8) is 0 Å². The van der Waals surface area contributed by atoms with Gasteiger partial charge in [0.1, 0.15) is 5.82 Å². The number of rotatable bonds is 2. The van der Waals surface area contributed by atoms with Gasteiger partial charge in [0.2, 0.25) is 0 Å². The lowest BCUT2D eigenvalue weighted by atomic mass is 10.1. The molecule has 5 nitrogen and oxygen atoms in total. The highest BCUT2D eigenvalue weighted by molar-refractivity contribution is 5.34. The van der Waals surface area contributed by atoms with Gasteiger partial charge in [0.15, 0.2) is 5.82 Å². The van der Waals surface area contributed by atoms with E-state index >= 15 is 0 Å². The molecule has 0 bridgehead atoms. The van der Waals surface area contributed by atoms with Crippen LogP contribution in [-0.4, -0.2) is 25.9 Å². The SMILES string of the molecule is Cn1ccc(-n2c(C3CCCC3)nc3c2CCNC3)n1. The molecule has 4 rings (SSSR count). The topological polar surface area (TPSA) is 47.7 Å². The van der Waals surface area contributed by atoms with Gasteiger partial charge in [0.25, 0.3) is 0 Å². The maximum absolute atomic E-state index is 4.97. The molecule has 106 valence electrons. The van der Waals surface area contributed by atoms with Gasteiger partial charge in [0.05, 0.1) is 11.4 Å². The lowest BCUT2D eigenvalue weighted by molar-refractivity contribution is 0.612. The molecule has 2 aliphatic rings. The molecule has 0 unspecified atom stereocenters. The summed E-state index contributed by atoms with van der Waals surface area (Å²) in [6.07, 6.45) is 8.28. The first kappa shape index (κ1) is 12.1. The van der Waals surface area contributed by atoms with Gasteiger partial charge in [-0.2, -0.15) is 5.10 Å². The molecule has 2 aromatic rings. The van der Waals surface area contributed by atoms with Crippen molar-refractivity contribution >= 4 is 0 Å². The van der Waals surface area contributed by atoms with Crippen LogP contribution in [0.25, 0.3) is 5.82 Å². The third kappa shape index (κ3) is 1.88. The van der Waals surface area contributed by atoms with Gasteiger partial charge in [0, 0.05) is 44.7 Å². The quantitative estimate of drug-likeness (QED) is 0.907. The highest BCUT2D eigenvalue weighted by atomic mass is 15.3. The van der Waals surface area contributed by atoms with E-state index in [1.165, 1.54) is 42.9 Å². The fourth-order valence-electron chi connectivity index (χ4n) is 3.57. The fraction of sp³-hybridized carbons (Fsp3) is 0.600. The second-order valence-electron chi connectivity index (χ2n) is 5.95. The van der Waals surface area contributed by atoms with Crippen LogP contribution in [-0.2, 0) is 20.0 Å². The normalized spacial score (nSPS) is 19.4. The Morgan fingerprint density at radius 2 is 2.15 bits per heavy atom. The molecule has 2 aromatic heterocycles. The van der Waals surface area contributed by atoms with Crippen LogP contribution in [0, 0.1) is 0 Å². The minimum absolute atomic E-state index is 0.614. The van der Waals surface area contributed by atoms with E-state index in [2.05, 4.69) is 21.0 Å². The van der Waals surface area contributed by atoms with E-state index in [4.69, 9.17) is 4.98 Å². The molecule has 0 saturated heterocycles. The Balaban J connectivity index is 1.86.